The van der Waals surface area contributed by atoms with Crippen molar-refractivity contribution in [3.8, 4) is 0 Å². The summed E-state index contributed by atoms with van der Waals surface area (Å²) in [5.41, 5.74) is 1.33. The molecule has 2 fully saturated rings. The summed E-state index contributed by atoms with van der Waals surface area (Å²) in [6.07, 6.45) is 5.49. The zero-order chi connectivity index (χ0) is 10.7. The molecule has 2 bridgehead atoms. The predicted molar refractivity (Wildman–Crippen MR) is 58.4 cm³/mol. The van der Waals surface area contributed by atoms with Crippen LogP contribution in [-0.4, -0.2) is 25.7 Å². The lowest BCUT2D eigenvalue weighted by molar-refractivity contribution is -0.137. The van der Waals surface area contributed by atoms with Gasteiger partial charge in [-0.1, -0.05) is 12.0 Å². The number of carbonyl (C=O) groups excluding carboxylic acids is 1. The van der Waals surface area contributed by atoms with E-state index in [1.807, 2.05) is 6.92 Å². The van der Waals surface area contributed by atoms with Crippen LogP contribution < -0.4 is 5.32 Å². The third kappa shape index (κ3) is 2.40. The first-order chi connectivity index (χ1) is 7.31. The Labute approximate surface area is 90.9 Å². The Kier molecular flexibility index (Phi) is 3.41. The molecule has 0 radical (unpaired) electrons. The quantitative estimate of drug-likeness (QED) is 0.553. The van der Waals surface area contributed by atoms with Gasteiger partial charge >= 0.3 is 5.97 Å². The lowest BCUT2D eigenvalue weighted by atomic mass is 9.74. The summed E-state index contributed by atoms with van der Waals surface area (Å²) < 4.78 is 4.97. The van der Waals surface area contributed by atoms with Crippen molar-refractivity contribution in [2.75, 3.05) is 19.7 Å². The summed E-state index contributed by atoms with van der Waals surface area (Å²) in [4.78, 5) is 11.4. The highest BCUT2D eigenvalue weighted by Crippen LogP contribution is 2.36. The normalized spacial score (nSPS) is 32.7. The number of esters is 1. The molecular weight excluding hydrogens is 190 g/mol. The maximum absolute atomic E-state index is 11.4. The standard InChI is InChI=1S/C12H19NO2/c1-2-15-12(14)6-11-9-4-3-5-10(11)8-13-7-9/h6,9-10,13H,2-5,7-8H2,1H3/t9-,10+. The third-order valence-corrected chi connectivity index (χ3v) is 3.40. The molecule has 15 heavy (non-hydrogen) atoms. The maximum Gasteiger partial charge on any atom is 0.330 e. The topological polar surface area (TPSA) is 38.3 Å². The number of hydrogen-bond acceptors (Lipinski definition) is 3. The molecule has 1 N–H and O–H groups in total. The van der Waals surface area contributed by atoms with Crippen molar-refractivity contribution in [3.05, 3.63) is 11.6 Å². The van der Waals surface area contributed by atoms with E-state index >= 15 is 0 Å². The van der Waals surface area contributed by atoms with Gasteiger partial charge in [-0.15, -0.1) is 0 Å². The van der Waals surface area contributed by atoms with E-state index in [1.54, 1.807) is 6.08 Å². The minimum atomic E-state index is -0.161. The molecule has 1 aliphatic carbocycles. The average Bonchev–Trinajstić information content (AvgIpc) is 2.17. The molecule has 3 nitrogen and oxygen atoms in total. The Morgan fingerprint density at radius 3 is 2.73 bits per heavy atom. The van der Waals surface area contributed by atoms with Gasteiger partial charge in [0.2, 0.25) is 0 Å². The van der Waals surface area contributed by atoms with E-state index in [0.29, 0.717) is 18.4 Å². The second-order valence-electron chi connectivity index (χ2n) is 4.38. The highest BCUT2D eigenvalue weighted by molar-refractivity contribution is 5.83. The minimum Gasteiger partial charge on any atom is -0.463 e. The zero-order valence-electron chi connectivity index (χ0n) is 9.29. The summed E-state index contributed by atoms with van der Waals surface area (Å²) in [6.45, 7) is 4.37. The van der Waals surface area contributed by atoms with Crippen molar-refractivity contribution >= 4 is 5.97 Å². The predicted octanol–water partition coefficient (Wildman–Crippen LogP) is 1.50. The molecule has 1 saturated carbocycles. The van der Waals surface area contributed by atoms with Crippen LogP contribution in [-0.2, 0) is 9.53 Å². The van der Waals surface area contributed by atoms with Crippen molar-refractivity contribution in [1.29, 1.82) is 0 Å². The molecule has 2 aliphatic rings. The van der Waals surface area contributed by atoms with E-state index in [0.717, 1.165) is 13.1 Å². The van der Waals surface area contributed by atoms with Gasteiger partial charge in [0.05, 0.1) is 6.61 Å². The van der Waals surface area contributed by atoms with E-state index in [4.69, 9.17) is 4.74 Å². The Hall–Kier alpha value is -0.830. The number of rotatable bonds is 2. The third-order valence-electron chi connectivity index (χ3n) is 3.40. The van der Waals surface area contributed by atoms with Crippen molar-refractivity contribution < 1.29 is 9.53 Å². The smallest absolute Gasteiger partial charge is 0.330 e. The van der Waals surface area contributed by atoms with Crippen molar-refractivity contribution in [3.63, 3.8) is 0 Å². The molecule has 0 unspecified atom stereocenters. The molecule has 0 spiro atoms. The second-order valence-corrected chi connectivity index (χ2v) is 4.38. The van der Waals surface area contributed by atoms with Crippen molar-refractivity contribution in [1.82, 2.24) is 5.32 Å². The summed E-state index contributed by atoms with van der Waals surface area (Å²) in [7, 11) is 0. The van der Waals surface area contributed by atoms with Gasteiger partial charge in [-0.3, -0.25) is 0 Å². The monoisotopic (exact) mass is 209 g/mol. The molecule has 0 amide bonds. The van der Waals surface area contributed by atoms with E-state index < -0.39 is 0 Å². The number of hydrogen-bond donors (Lipinski definition) is 1. The molecule has 3 heteroatoms. The molecule has 0 aromatic carbocycles. The van der Waals surface area contributed by atoms with E-state index in [-0.39, 0.29) is 5.97 Å². The van der Waals surface area contributed by atoms with Crippen LogP contribution in [0.3, 0.4) is 0 Å². The fourth-order valence-corrected chi connectivity index (χ4v) is 2.70. The Balaban J connectivity index is 2.08. The molecular formula is C12H19NO2. The first-order valence-corrected chi connectivity index (χ1v) is 5.90. The SMILES string of the molecule is CCOC(=O)C=C1[C@@H]2CCC[C@H]1CNC2. The van der Waals surface area contributed by atoms with Gasteiger partial charge in [-0.05, 0) is 31.6 Å². The van der Waals surface area contributed by atoms with Crippen LogP contribution in [0.5, 0.6) is 0 Å². The van der Waals surface area contributed by atoms with Crippen LogP contribution in [0.4, 0.5) is 0 Å². The highest BCUT2D eigenvalue weighted by Gasteiger charge is 2.31. The number of fused-ring (bicyclic) bond motifs is 2. The van der Waals surface area contributed by atoms with E-state index in [1.165, 1.54) is 24.8 Å². The van der Waals surface area contributed by atoms with Crippen LogP contribution in [0.15, 0.2) is 11.6 Å². The molecule has 2 rings (SSSR count). The largest absolute Gasteiger partial charge is 0.463 e. The minimum absolute atomic E-state index is 0.161. The van der Waals surface area contributed by atoms with E-state index in [9.17, 15) is 4.79 Å². The summed E-state index contributed by atoms with van der Waals surface area (Å²) >= 11 is 0. The molecule has 1 aliphatic heterocycles. The molecule has 0 aromatic heterocycles. The van der Waals surface area contributed by atoms with Crippen LogP contribution >= 0.6 is 0 Å². The number of carbonyl (C=O) groups is 1. The van der Waals surface area contributed by atoms with Gasteiger partial charge in [0.1, 0.15) is 0 Å². The fourth-order valence-electron chi connectivity index (χ4n) is 2.70. The first kappa shape index (κ1) is 10.7. The number of ether oxygens (including phenoxy) is 1. The molecule has 2 atom stereocenters. The molecule has 84 valence electrons. The Morgan fingerprint density at radius 2 is 2.13 bits per heavy atom. The van der Waals surface area contributed by atoms with Gasteiger partial charge in [-0.2, -0.15) is 0 Å². The molecule has 1 heterocycles. The maximum atomic E-state index is 11.4. The van der Waals surface area contributed by atoms with Crippen LogP contribution in [0.1, 0.15) is 26.2 Å². The van der Waals surface area contributed by atoms with Gasteiger partial charge < -0.3 is 10.1 Å². The Bertz CT molecular complexity index is 249. The molecule has 1 saturated heterocycles. The van der Waals surface area contributed by atoms with Crippen LogP contribution in [0.2, 0.25) is 0 Å². The average molecular weight is 209 g/mol. The van der Waals surface area contributed by atoms with Gasteiger partial charge in [0.25, 0.3) is 0 Å². The number of piperidine rings is 1. The first-order valence-electron chi connectivity index (χ1n) is 5.90. The summed E-state index contributed by atoms with van der Waals surface area (Å²) in [6, 6.07) is 0. The van der Waals surface area contributed by atoms with Crippen LogP contribution in [0, 0.1) is 11.8 Å². The van der Waals surface area contributed by atoms with Gasteiger partial charge in [-0.25, -0.2) is 4.79 Å². The van der Waals surface area contributed by atoms with Crippen molar-refractivity contribution in [2.45, 2.75) is 26.2 Å². The fraction of sp³-hybridized carbons (Fsp3) is 0.750. The summed E-state index contributed by atoms with van der Waals surface area (Å²) in [5, 5.41) is 3.43. The van der Waals surface area contributed by atoms with Crippen molar-refractivity contribution in [2.24, 2.45) is 11.8 Å². The van der Waals surface area contributed by atoms with E-state index in [2.05, 4.69) is 5.32 Å². The van der Waals surface area contributed by atoms with Crippen LogP contribution in [0.25, 0.3) is 0 Å². The molecule has 0 aromatic rings. The zero-order valence-corrected chi connectivity index (χ0v) is 9.29. The van der Waals surface area contributed by atoms with Gasteiger partial charge in [0, 0.05) is 19.2 Å². The lowest BCUT2D eigenvalue weighted by Crippen LogP contribution is -2.41. The van der Waals surface area contributed by atoms with Gasteiger partial charge in [0.15, 0.2) is 0 Å². The number of nitrogens with one attached hydrogen (secondary N) is 1. The highest BCUT2D eigenvalue weighted by atomic mass is 16.5. The lowest BCUT2D eigenvalue weighted by Gasteiger charge is -2.37. The summed E-state index contributed by atoms with van der Waals surface area (Å²) in [5.74, 6) is 0.982. The Morgan fingerprint density at radius 1 is 1.47 bits per heavy atom. The second kappa shape index (κ2) is 4.79.